The van der Waals surface area contributed by atoms with Crippen molar-refractivity contribution in [2.75, 3.05) is 0 Å². The van der Waals surface area contributed by atoms with Crippen LogP contribution in [0.2, 0.25) is 0 Å². The molecule has 2 aromatic heterocycles. The van der Waals surface area contributed by atoms with Crippen molar-refractivity contribution in [1.29, 1.82) is 0 Å². The molecule has 0 atom stereocenters. The predicted molar refractivity (Wildman–Crippen MR) is 89.3 cm³/mol. The van der Waals surface area contributed by atoms with E-state index in [9.17, 15) is 4.79 Å². The number of fused-ring (bicyclic) bond motifs is 1. The van der Waals surface area contributed by atoms with Crippen molar-refractivity contribution in [3.05, 3.63) is 72.6 Å². The van der Waals surface area contributed by atoms with E-state index in [1.807, 2.05) is 59.1 Å². The maximum atomic E-state index is 11.6. The summed E-state index contributed by atoms with van der Waals surface area (Å²) in [5.74, 6) is 0. The van der Waals surface area contributed by atoms with Crippen molar-refractivity contribution in [2.24, 2.45) is 0 Å². The molecule has 0 amide bonds. The van der Waals surface area contributed by atoms with E-state index in [4.69, 9.17) is 0 Å². The fraction of sp³-hybridized carbons (Fsp3) is 0. The number of thiazole rings is 1. The van der Waals surface area contributed by atoms with Gasteiger partial charge >= 0.3 is 0 Å². The molecule has 4 aromatic rings. The number of carbonyl (C=O) groups excluding carboxylic acids is 1. The lowest BCUT2D eigenvalue weighted by molar-refractivity contribution is 0.111. The van der Waals surface area contributed by atoms with Crippen LogP contribution in [0.4, 0.5) is 0 Å². The van der Waals surface area contributed by atoms with Crippen LogP contribution >= 0.6 is 11.3 Å². The highest BCUT2D eigenvalue weighted by atomic mass is 32.1. The number of hydrogen-bond donors (Lipinski definition) is 0. The van der Waals surface area contributed by atoms with Crippen LogP contribution in [-0.2, 0) is 0 Å². The van der Waals surface area contributed by atoms with Gasteiger partial charge in [-0.2, -0.15) is 0 Å². The van der Waals surface area contributed by atoms with Crippen LogP contribution < -0.4 is 0 Å². The first-order valence-corrected chi connectivity index (χ1v) is 7.76. The highest BCUT2D eigenvalue weighted by Gasteiger charge is 2.16. The van der Waals surface area contributed by atoms with Crippen molar-refractivity contribution >= 4 is 22.6 Å². The molecule has 4 heteroatoms. The third-order valence-electron chi connectivity index (χ3n) is 3.58. The Hall–Kier alpha value is -2.72. The number of carbonyl (C=O) groups is 1. The van der Waals surface area contributed by atoms with Gasteiger partial charge in [-0.3, -0.25) is 9.20 Å². The molecule has 2 aromatic carbocycles. The van der Waals surface area contributed by atoms with Crippen molar-refractivity contribution < 1.29 is 4.79 Å². The topological polar surface area (TPSA) is 34.4 Å². The minimum absolute atomic E-state index is 0.597. The zero-order valence-electron chi connectivity index (χ0n) is 11.6. The fourth-order valence-electron chi connectivity index (χ4n) is 2.52. The highest BCUT2D eigenvalue weighted by molar-refractivity contribution is 7.20. The average Bonchev–Trinajstić information content (AvgIpc) is 3.14. The molecule has 106 valence electrons. The van der Waals surface area contributed by atoms with Gasteiger partial charge in [-0.05, 0) is 5.56 Å². The molecule has 0 aliphatic carbocycles. The Kier molecular flexibility index (Phi) is 3.09. The van der Waals surface area contributed by atoms with Gasteiger partial charge in [0.15, 0.2) is 11.2 Å². The molecule has 0 N–H and O–H groups in total. The largest absolute Gasteiger partial charge is 0.296 e. The third-order valence-corrected chi connectivity index (χ3v) is 4.61. The summed E-state index contributed by atoms with van der Waals surface area (Å²) < 4.78 is 1.88. The molecule has 0 radical (unpaired) electrons. The Morgan fingerprint density at radius 2 is 1.55 bits per heavy atom. The smallest absolute Gasteiger partial charge is 0.195 e. The van der Waals surface area contributed by atoms with E-state index in [1.165, 1.54) is 0 Å². The van der Waals surface area contributed by atoms with Crippen LogP contribution in [0.25, 0.3) is 26.7 Å². The number of nitrogens with zero attached hydrogens (tertiary/aromatic N) is 2. The SMILES string of the molecule is O=Cc1c(-c2ccccc2)nc2sc(-c3ccccc3)cn12. The van der Waals surface area contributed by atoms with E-state index in [0.717, 1.165) is 32.9 Å². The predicted octanol–water partition coefficient (Wildman–Crippen LogP) is 4.54. The van der Waals surface area contributed by atoms with Crippen LogP contribution in [0.15, 0.2) is 66.9 Å². The average molecular weight is 304 g/mol. The van der Waals surface area contributed by atoms with Gasteiger partial charge in [0.05, 0.1) is 4.88 Å². The normalized spacial score (nSPS) is 10.9. The molecule has 3 nitrogen and oxygen atoms in total. The van der Waals surface area contributed by atoms with Crippen molar-refractivity contribution in [3.63, 3.8) is 0 Å². The van der Waals surface area contributed by atoms with Gasteiger partial charge in [0, 0.05) is 11.8 Å². The van der Waals surface area contributed by atoms with Gasteiger partial charge in [0.25, 0.3) is 0 Å². The Morgan fingerprint density at radius 3 is 2.18 bits per heavy atom. The number of benzene rings is 2. The van der Waals surface area contributed by atoms with Gasteiger partial charge in [0.2, 0.25) is 0 Å². The van der Waals surface area contributed by atoms with E-state index in [1.54, 1.807) is 11.3 Å². The van der Waals surface area contributed by atoms with E-state index in [2.05, 4.69) is 17.1 Å². The van der Waals surface area contributed by atoms with E-state index in [-0.39, 0.29) is 0 Å². The maximum absolute atomic E-state index is 11.6. The first kappa shape index (κ1) is 13.0. The summed E-state index contributed by atoms with van der Waals surface area (Å²) in [7, 11) is 0. The first-order valence-electron chi connectivity index (χ1n) is 6.95. The van der Waals surface area contributed by atoms with Crippen LogP contribution in [0.1, 0.15) is 10.5 Å². The second kappa shape index (κ2) is 5.24. The second-order valence-corrected chi connectivity index (χ2v) is 5.95. The van der Waals surface area contributed by atoms with Gasteiger partial charge < -0.3 is 0 Å². The van der Waals surface area contributed by atoms with Gasteiger partial charge in [-0.1, -0.05) is 72.0 Å². The number of imidazole rings is 1. The quantitative estimate of drug-likeness (QED) is 0.521. The fourth-order valence-corrected chi connectivity index (χ4v) is 3.51. The van der Waals surface area contributed by atoms with E-state index < -0.39 is 0 Å². The number of hydrogen-bond acceptors (Lipinski definition) is 3. The lowest BCUT2D eigenvalue weighted by Crippen LogP contribution is -1.90. The molecule has 0 saturated carbocycles. The monoisotopic (exact) mass is 304 g/mol. The summed E-state index contributed by atoms with van der Waals surface area (Å²) >= 11 is 1.59. The summed E-state index contributed by atoms with van der Waals surface area (Å²) in [6.07, 6.45) is 2.86. The summed E-state index contributed by atoms with van der Waals surface area (Å²) in [4.78, 5) is 18.2. The van der Waals surface area contributed by atoms with Gasteiger partial charge in [0.1, 0.15) is 11.4 Å². The lowest BCUT2D eigenvalue weighted by Gasteiger charge is -1.98. The zero-order valence-corrected chi connectivity index (χ0v) is 12.5. The molecular formula is C18H12N2OS. The zero-order chi connectivity index (χ0) is 14.9. The Bertz CT molecular complexity index is 939. The summed E-state index contributed by atoms with van der Waals surface area (Å²) in [5.41, 5.74) is 3.43. The molecule has 0 saturated heterocycles. The van der Waals surface area contributed by atoms with Crippen LogP contribution in [0.5, 0.6) is 0 Å². The third kappa shape index (κ3) is 2.05. The molecule has 0 aliphatic rings. The maximum Gasteiger partial charge on any atom is 0.195 e. The minimum atomic E-state index is 0.597. The van der Waals surface area contributed by atoms with E-state index >= 15 is 0 Å². The van der Waals surface area contributed by atoms with Crippen molar-refractivity contribution in [2.45, 2.75) is 0 Å². The highest BCUT2D eigenvalue weighted by Crippen LogP contribution is 2.32. The molecule has 0 fully saturated rings. The van der Waals surface area contributed by atoms with Crippen LogP contribution in [0, 0.1) is 0 Å². The Labute approximate surface area is 131 Å². The second-order valence-electron chi connectivity index (χ2n) is 4.94. The summed E-state index contributed by atoms with van der Waals surface area (Å²) in [6.45, 7) is 0. The molecule has 0 bridgehead atoms. The van der Waals surface area contributed by atoms with Gasteiger partial charge in [-0.25, -0.2) is 4.98 Å². The van der Waals surface area contributed by atoms with Crippen molar-refractivity contribution in [3.8, 4) is 21.7 Å². The first-order chi connectivity index (χ1) is 10.9. The standard InChI is InChI=1S/C18H12N2OS/c21-12-15-17(14-9-5-2-6-10-14)19-18-20(15)11-16(22-18)13-7-3-1-4-8-13/h1-12H. The van der Waals surface area contributed by atoms with Crippen LogP contribution in [-0.4, -0.2) is 15.7 Å². The minimum Gasteiger partial charge on any atom is -0.296 e. The molecule has 0 aliphatic heterocycles. The van der Waals surface area contributed by atoms with Gasteiger partial charge in [-0.15, -0.1) is 0 Å². The number of aldehydes is 1. The molecule has 2 heterocycles. The van der Waals surface area contributed by atoms with Crippen LogP contribution in [0.3, 0.4) is 0 Å². The number of aromatic nitrogens is 2. The van der Waals surface area contributed by atoms with E-state index in [0.29, 0.717) is 5.69 Å². The molecule has 0 spiro atoms. The Balaban J connectivity index is 1.90. The lowest BCUT2D eigenvalue weighted by atomic mass is 10.1. The molecule has 0 unspecified atom stereocenters. The molecular weight excluding hydrogens is 292 g/mol. The molecule has 4 rings (SSSR count). The molecule has 22 heavy (non-hydrogen) atoms. The summed E-state index contributed by atoms with van der Waals surface area (Å²) in [5, 5.41) is 0. The summed E-state index contributed by atoms with van der Waals surface area (Å²) in [6, 6.07) is 19.9. The number of rotatable bonds is 3. The Morgan fingerprint density at radius 1 is 0.909 bits per heavy atom. The van der Waals surface area contributed by atoms with Crippen molar-refractivity contribution in [1.82, 2.24) is 9.38 Å².